The number of hydrogen-bond acceptors (Lipinski definition) is 3. The van der Waals surface area contributed by atoms with Gasteiger partial charge in [-0.25, -0.2) is 0 Å². The lowest BCUT2D eigenvalue weighted by molar-refractivity contribution is -0.142. The van der Waals surface area contributed by atoms with Crippen LogP contribution in [-0.2, 0) is 16.0 Å². The molecule has 0 spiro atoms. The zero-order chi connectivity index (χ0) is 23.0. The molecule has 0 aromatic heterocycles. The SMILES string of the molecule is CCC(C(=O)NC(C)(C)C)N(CCc1ccccc1)C(=O)COc1ccc(Cl)c(C)c1. The van der Waals surface area contributed by atoms with Crippen molar-refractivity contribution in [3.8, 4) is 5.75 Å². The fourth-order valence-electron chi connectivity index (χ4n) is 3.28. The number of rotatable bonds is 9. The highest BCUT2D eigenvalue weighted by Gasteiger charge is 2.30. The van der Waals surface area contributed by atoms with E-state index in [1.807, 2.05) is 65.0 Å². The molecule has 0 aliphatic carbocycles. The number of carbonyl (C=O) groups excluding carboxylic acids is 2. The molecule has 1 N–H and O–H groups in total. The number of benzene rings is 2. The van der Waals surface area contributed by atoms with Crippen LogP contribution in [0.25, 0.3) is 0 Å². The van der Waals surface area contributed by atoms with Crippen LogP contribution in [-0.4, -0.2) is 41.4 Å². The predicted molar refractivity (Wildman–Crippen MR) is 126 cm³/mol. The Bertz CT molecular complexity index is 878. The number of hydrogen-bond donors (Lipinski definition) is 1. The minimum Gasteiger partial charge on any atom is -0.484 e. The van der Waals surface area contributed by atoms with E-state index in [0.717, 1.165) is 11.1 Å². The number of carbonyl (C=O) groups is 2. The molecule has 0 aliphatic rings. The fourth-order valence-corrected chi connectivity index (χ4v) is 3.40. The third-order valence-electron chi connectivity index (χ3n) is 4.86. The lowest BCUT2D eigenvalue weighted by atomic mass is 10.1. The Morgan fingerprint density at radius 3 is 2.39 bits per heavy atom. The van der Waals surface area contributed by atoms with Crippen molar-refractivity contribution in [1.82, 2.24) is 10.2 Å². The first kappa shape index (κ1) is 24.7. The van der Waals surface area contributed by atoms with E-state index in [9.17, 15) is 9.59 Å². The van der Waals surface area contributed by atoms with Crippen LogP contribution in [0.4, 0.5) is 0 Å². The Balaban J connectivity index is 2.16. The standard InChI is InChI=1S/C25H33ClN2O3/c1-6-22(24(30)27-25(3,4)5)28(15-14-19-10-8-7-9-11-19)23(29)17-31-20-12-13-21(26)18(2)16-20/h7-13,16,22H,6,14-15,17H2,1-5H3,(H,27,30). The summed E-state index contributed by atoms with van der Waals surface area (Å²) in [6.07, 6.45) is 1.18. The minimum atomic E-state index is -0.564. The number of amides is 2. The second kappa shape index (κ2) is 11.2. The molecule has 1 unspecified atom stereocenters. The predicted octanol–water partition coefficient (Wildman–Crippen LogP) is 4.79. The minimum absolute atomic E-state index is 0.144. The summed E-state index contributed by atoms with van der Waals surface area (Å²) >= 11 is 6.07. The number of halogens is 1. The maximum absolute atomic E-state index is 13.2. The monoisotopic (exact) mass is 444 g/mol. The summed E-state index contributed by atoms with van der Waals surface area (Å²) in [4.78, 5) is 27.7. The van der Waals surface area contributed by atoms with Gasteiger partial charge in [0.05, 0.1) is 0 Å². The van der Waals surface area contributed by atoms with Crippen LogP contribution in [0.1, 0.15) is 45.2 Å². The van der Waals surface area contributed by atoms with Crippen molar-refractivity contribution in [1.29, 1.82) is 0 Å². The van der Waals surface area contributed by atoms with Crippen molar-refractivity contribution < 1.29 is 14.3 Å². The summed E-state index contributed by atoms with van der Waals surface area (Å²) in [7, 11) is 0. The van der Waals surface area contributed by atoms with Crippen LogP contribution in [0.5, 0.6) is 5.75 Å². The number of nitrogens with zero attached hydrogens (tertiary/aromatic N) is 1. The first-order valence-electron chi connectivity index (χ1n) is 10.6. The highest BCUT2D eigenvalue weighted by Crippen LogP contribution is 2.21. The van der Waals surface area contributed by atoms with Gasteiger partial charge in [0.15, 0.2) is 6.61 Å². The smallest absolute Gasteiger partial charge is 0.261 e. The van der Waals surface area contributed by atoms with E-state index in [1.54, 1.807) is 23.1 Å². The molecular weight excluding hydrogens is 412 g/mol. The molecule has 0 saturated carbocycles. The van der Waals surface area contributed by atoms with Crippen molar-refractivity contribution in [2.24, 2.45) is 0 Å². The summed E-state index contributed by atoms with van der Waals surface area (Å²) in [5.41, 5.74) is 1.61. The Kier molecular flexibility index (Phi) is 8.93. The average molecular weight is 445 g/mol. The van der Waals surface area contributed by atoms with Gasteiger partial charge in [-0.3, -0.25) is 9.59 Å². The molecule has 0 bridgehead atoms. The molecule has 6 heteroatoms. The molecule has 0 heterocycles. The summed E-state index contributed by atoms with van der Waals surface area (Å²) in [6, 6.07) is 14.7. The highest BCUT2D eigenvalue weighted by atomic mass is 35.5. The zero-order valence-electron chi connectivity index (χ0n) is 19.1. The Morgan fingerprint density at radius 1 is 1.13 bits per heavy atom. The normalized spacial score (nSPS) is 12.2. The second-order valence-corrected chi connectivity index (χ2v) is 9.09. The van der Waals surface area contributed by atoms with Crippen molar-refractivity contribution >= 4 is 23.4 Å². The van der Waals surface area contributed by atoms with E-state index in [0.29, 0.717) is 30.2 Å². The van der Waals surface area contributed by atoms with E-state index < -0.39 is 6.04 Å². The molecule has 5 nitrogen and oxygen atoms in total. The Morgan fingerprint density at radius 2 is 1.81 bits per heavy atom. The van der Waals surface area contributed by atoms with Gasteiger partial charge < -0.3 is 15.0 Å². The average Bonchev–Trinajstić information content (AvgIpc) is 2.71. The van der Waals surface area contributed by atoms with Crippen LogP contribution in [0, 0.1) is 6.92 Å². The maximum Gasteiger partial charge on any atom is 0.261 e. The molecule has 0 aliphatic heterocycles. The topological polar surface area (TPSA) is 58.6 Å². The molecular formula is C25H33ClN2O3. The van der Waals surface area contributed by atoms with Crippen molar-refractivity contribution in [2.75, 3.05) is 13.2 Å². The second-order valence-electron chi connectivity index (χ2n) is 8.69. The number of aryl methyl sites for hydroxylation is 1. The molecule has 1 atom stereocenters. The van der Waals surface area contributed by atoms with Gasteiger partial charge in [0, 0.05) is 17.1 Å². The van der Waals surface area contributed by atoms with Gasteiger partial charge in [-0.2, -0.15) is 0 Å². The van der Waals surface area contributed by atoms with Gasteiger partial charge in [0.25, 0.3) is 5.91 Å². The van der Waals surface area contributed by atoms with Crippen LogP contribution in [0.15, 0.2) is 48.5 Å². The summed E-state index contributed by atoms with van der Waals surface area (Å²) in [5.74, 6) is 0.198. The van der Waals surface area contributed by atoms with Gasteiger partial charge >= 0.3 is 0 Å². The molecule has 0 radical (unpaired) electrons. The largest absolute Gasteiger partial charge is 0.484 e. The van der Waals surface area contributed by atoms with E-state index in [2.05, 4.69) is 5.32 Å². The first-order valence-corrected chi connectivity index (χ1v) is 11.0. The van der Waals surface area contributed by atoms with Crippen LogP contribution in [0.3, 0.4) is 0 Å². The fraction of sp³-hybridized carbons (Fsp3) is 0.440. The molecule has 2 aromatic rings. The molecule has 2 amide bonds. The maximum atomic E-state index is 13.2. The Hall–Kier alpha value is -2.53. The zero-order valence-corrected chi connectivity index (χ0v) is 19.8. The van der Waals surface area contributed by atoms with Gasteiger partial charge in [-0.05, 0) is 69.9 Å². The number of ether oxygens (including phenoxy) is 1. The molecule has 0 fully saturated rings. The summed E-state index contributed by atoms with van der Waals surface area (Å²) in [6.45, 7) is 9.88. The molecule has 168 valence electrons. The molecule has 31 heavy (non-hydrogen) atoms. The highest BCUT2D eigenvalue weighted by molar-refractivity contribution is 6.31. The third kappa shape index (κ3) is 7.91. The van der Waals surface area contributed by atoms with E-state index in [4.69, 9.17) is 16.3 Å². The quantitative estimate of drug-likeness (QED) is 0.604. The van der Waals surface area contributed by atoms with Gasteiger partial charge in [-0.1, -0.05) is 48.9 Å². The molecule has 2 rings (SSSR count). The van der Waals surface area contributed by atoms with Crippen LogP contribution >= 0.6 is 11.6 Å². The van der Waals surface area contributed by atoms with E-state index in [-0.39, 0.29) is 24.0 Å². The third-order valence-corrected chi connectivity index (χ3v) is 5.28. The van der Waals surface area contributed by atoms with Crippen molar-refractivity contribution in [3.63, 3.8) is 0 Å². The Labute approximate surface area is 190 Å². The van der Waals surface area contributed by atoms with E-state index in [1.165, 1.54) is 0 Å². The molecule has 2 aromatic carbocycles. The lowest BCUT2D eigenvalue weighted by Gasteiger charge is -2.33. The lowest BCUT2D eigenvalue weighted by Crippen LogP contribution is -2.54. The van der Waals surface area contributed by atoms with Gasteiger partial charge in [0.2, 0.25) is 5.91 Å². The van der Waals surface area contributed by atoms with Gasteiger partial charge in [0.1, 0.15) is 11.8 Å². The van der Waals surface area contributed by atoms with E-state index >= 15 is 0 Å². The first-order chi connectivity index (χ1) is 14.6. The summed E-state index contributed by atoms with van der Waals surface area (Å²) < 4.78 is 5.73. The van der Waals surface area contributed by atoms with Crippen LogP contribution in [0.2, 0.25) is 5.02 Å². The van der Waals surface area contributed by atoms with Crippen molar-refractivity contribution in [3.05, 3.63) is 64.7 Å². The summed E-state index contributed by atoms with van der Waals surface area (Å²) in [5, 5.41) is 3.65. The molecule has 0 saturated heterocycles. The van der Waals surface area contributed by atoms with Crippen molar-refractivity contribution in [2.45, 2.75) is 59.0 Å². The van der Waals surface area contributed by atoms with Gasteiger partial charge in [-0.15, -0.1) is 0 Å². The van der Waals surface area contributed by atoms with Crippen LogP contribution < -0.4 is 10.1 Å². The number of nitrogens with one attached hydrogen (secondary N) is 1.